The Kier molecular flexibility index (Phi) is 5.07. The van der Waals surface area contributed by atoms with Crippen molar-refractivity contribution in [2.75, 3.05) is 27.2 Å². The molecule has 1 aliphatic rings. The van der Waals surface area contributed by atoms with Crippen LogP contribution in [0.25, 0.3) is 0 Å². The lowest BCUT2D eigenvalue weighted by Gasteiger charge is -2.17. The molecule has 22 heavy (non-hydrogen) atoms. The van der Waals surface area contributed by atoms with Crippen molar-refractivity contribution in [3.8, 4) is 0 Å². The van der Waals surface area contributed by atoms with Gasteiger partial charge < -0.3 is 15.0 Å². The first-order chi connectivity index (χ1) is 10.5. The standard InChI is InChI=1S/C15H22N4O3/c1-9-12(6-17-10(2)18-9)15(21)19-7-11(5-14(20)16-3)13(8-19)22-4/h6,11,13H,5,7-8H2,1-4H3,(H,16,20)/t11-,13-/m0/s1. The maximum Gasteiger partial charge on any atom is 0.257 e. The number of carbonyl (C=O) groups excluding carboxylic acids is 2. The van der Waals surface area contributed by atoms with Crippen LogP contribution < -0.4 is 5.32 Å². The minimum absolute atomic E-state index is 0.000530. The molecule has 7 heteroatoms. The van der Waals surface area contributed by atoms with Crippen LogP contribution in [0.4, 0.5) is 0 Å². The maximum absolute atomic E-state index is 12.6. The van der Waals surface area contributed by atoms with Crippen LogP contribution in [0.5, 0.6) is 0 Å². The van der Waals surface area contributed by atoms with Gasteiger partial charge >= 0.3 is 0 Å². The van der Waals surface area contributed by atoms with Gasteiger partial charge in [0.05, 0.1) is 17.4 Å². The second-order valence-corrected chi connectivity index (χ2v) is 5.54. The summed E-state index contributed by atoms with van der Waals surface area (Å²) in [5, 5.41) is 2.61. The fourth-order valence-corrected chi connectivity index (χ4v) is 2.77. The molecule has 1 fully saturated rings. The molecule has 1 aromatic heterocycles. The van der Waals surface area contributed by atoms with Crippen molar-refractivity contribution in [3.63, 3.8) is 0 Å². The summed E-state index contributed by atoms with van der Waals surface area (Å²) in [4.78, 5) is 34.2. The van der Waals surface area contributed by atoms with Gasteiger partial charge in [-0.1, -0.05) is 0 Å². The number of aryl methyl sites for hydroxylation is 2. The SMILES string of the molecule is CNC(=O)C[C@H]1CN(C(=O)c2cnc(C)nc2C)C[C@@H]1OC. The van der Waals surface area contributed by atoms with Gasteiger partial charge in [0.25, 0.3) is 5.91 Å². The molecule has 0 spiro atoms. The lowest BCUT2D eigenvalue weighted by Crippen LogP contribution is -2.31. The number of hydrogen-bond donors (Lipinski definition) is 1. The number of likely N-dealkylation sites (tertiary alicyclic amines) is 1. The lowest BCUT2D eigenvalue weighted by molar-refractivity contribution is -0.122. The fraction of sp³-hybridized carbons (Fsp3) is 0.600. The molecule has 2 amide bonds. The van der Waals surface area contributed by atoms with E-state index in [-0.39, 0.29) is 23.8 Å². The molecule has 0 unspecified atom stereocenters. The maximum atomic E-state index is 12.6. The zero-order chi connectivity index (χ0) is 16.3. The van der Waals surface area contributed by atoms with Crippen LogP contribution in [0.1, 0.15) is 28.3 Å². The molecule has 0 aromatic carbocycles. The summed E-state index contributed by atoms with van der Waals surface area (Å²) in [6.07, 6.45) is 1.78. The lowest BCUT2D eigenvalue weighted by atomic mass is 10.0. The summed E-state index contributed by atoms with van der Waals surface area (Å²) < 4.78 is 5.43. The Morgan fingerprint density at radius 3 is 2.73 bits per heavy atom. The smallest absolute Gasteiger partial charge is 0.257 e. The van der Waals surface area contributed by atoms with E-state index in [0.29, 0.717) is 36.6 Å². The van der Waals surface area contributed by atoms with Crippen molar-refractivity contribution in [3.05, 3.63) is 23.3 Å². The highest BCUT2D eigenvalue weighted by Crippen LogP contribution is 2.24. The van der Waals surface area contributed by atoms with Gasteiger partial charge in [-0.05, 0) is 13.8 Å². The van der Waals surface area contributed by atoms with Crippen molar-refractivity contribution in [1.29, 1.82) is 0 Å². The number of rotatable bonds is 4. The first-order valence-electron chi connectivity index (χ1n) is 7.29. The van der Waals surface area contributed by atoms with Gasteiger partial charge in [0.15, 0.2) is 0 Å². The topological polar surface area (TPSA) is 84.4 Å². The molecule has 0 bridgehead atoms. The molecule has 1 aromatic rings. The third-order valence-electron chi connectivity index (χ3n) is 4.03. The monoisotopic (exact) mass is 306 g/mol. The molecule has 2 heterocycles. The largest absolute Gasteiger partial charge is 0.379 e. The summed E-state index contributed by atoms with van der Waals surface area (Å²) in [7, 11) is 3.21. The summed E-state index contributed by atoms with van der Waals surface area (Å²) >= 11 is 0. The van der Waals surface area contributed by atoms with Crippen molar-refractivity contribution >= 4 is 11.8 Å². The molecule has 0 saturated carbocycles. The van der Waals surface area contributed by atoms with E-state index in [2.05, 4.69) is 15.3 Å². The summed E-state index contributed by atoms with van der Waals surface area (Å²) in [6, 6.07) is 0. The average molecular weight is 306 g/mol. The summed E-state index contributed by atoms with van der Waals surface area (Å²) in [5.41, 5.74) is 1.17. The van der Waals surface area contributed by atoms with E-state index in [0.717, 1.165) is 0 Å². The van der Waals surface area contributed by atoms with Crippen LogP contribution >= 0.6 is 0 Å². The van der Waals surface area contributed by atoms with E-state index < -0.39 is 0 Å². The van der Waals surface area contributed by atoms with Crippen molar-refractivity contribution in [2.45, 2.75) is 26.4 Å². The van der Waals surface area contributed by atoms with Gasteiger partial charge in [-0.2, -0.15) is 0 Å². The van der Waals surface area contributed by atoms with Crippen LogP contribution in [0.2, 0.25) is 0 Å². The second kappa shape index (κ2) is 6.83. The molecule has 120 valence electrons. The first-order valence-corrected chi connectivity index (χ1v) is 7.29. The molecule has 1 aliphatic heterocycles. The number of carbonyl (C=O) groups is 2. The Hall–Kier alpha value is -2.02. The van der Waals surface area contributed by atoms with E-state index in [1.54, 1.807) is 39.1 Å². The summed E-state index contributed by atoms with van der Waals surface area (Å²) in [5.74, 6) is 0.485. The van der Waals surface area contributed by atoms with E-state index >= 15 is 0 Å². The molecule has 7 nitrogen and oxygen atoms in total. The van der Waals surface area contributed by atoms with Gasteiger partial charge in [0, 0.05) is 45.8 Å². The van der Waals surface area contributed by atoms with Gasteiger partial charge in [-0.3, -0.25) is 9.59 Å². The van der Waals surface area contributed by atoms with E-state index in [4.69, 9.17) is 4.74 Å². The molecule has 0 aliphatic carbocycles. The van der Waals surface area contributed by atoms with E-state index in [1.165, 1.54) is 0 Å². The Bertz CT molecular complexity index is 576. The predicted octanol–water partition coefficient (Wildman–Crippen LogP) is 0.317. The number of hydrogen-bond acceptors (Lipinski definition) is 5. The Balaban J connectivity index is 2.12. The van der Waals surface area contributed by atoms with Gasteiger partial charge in [-0.15, -0.1) is 0 Å². The van der Waals surface area contributed by atoms with Crippen LogP contribution in [-0.4, -0.2) is 60.0 Å². The number of ether oxygens (including phenoxy) is 1. The third kappa shape index (κ3) is 3.41. The van der Waals surface area contributed by atoms with E-state index in [1.807, 2.05) is 0 Å². The molecule has 0 radical (unpaired) electrons. The van der Waals surface area contributed by atoms with E-state index in [9.17, 15) is 9.59 Å². The van der Waals surface area contributed by atoms with Crippen LogP contribution in [-0.2, 0) is 9.53 Å². The molecule has 2 rings (SSSR count). The number of amides is 2. The van der Waals surface area contributed by atoms with Gasteiger partial charge in [0.1, 0.15) is 5.82 Å². The Morgan fingerprint density at radius 1 is 1.41 bits per heavy atom. The fourth-order valence-electron chi connectivity index (χ4n) is 2.77. The molecule has 2 atom stereocenters. The van der Waals surface area contributed by atoms with Crippen LogP contribution in [0.15, 0.2) is 6.20 Å². The van der Waals surface area contributed by atoms with Crippen molar-refractivity contribution in [1.82, 2.24) is 20.2 Å². The zero-order valence-electron chi connectivity index (χ0n) is 13.4. The quantitative estimate of drug-likeness (QED) is 0.866. The van der Waals surface area contributed by atoms with Crippen molar-refractivity contribution < 1.29 is 14.3 Å². The molecule has 1 N–H and O–H groups in total. The Morgan fingerprint density at radius 2 is 2.14 bits per heavy atom. The highest BCUT2D eigenvalue weighted by molar-refractivity contribution is 5.95. The molecular formula is C15H22N4O3. The summed E-state index contributed by atoms with van der Waals surface area (Å²) in [6.45, 7) is 4.56. The molecular weight excluding hydrogens is 284 g/mol. The minimum Gasteiger partial charge on any atom is -0.379 e. The third-order valence-corrected chi connectivity index (χ3v) is 4.03. The second-order valence-electron chi connectivity index (χ2n) is 5.54. The zero-order valence-corrected chi connectivity index (χ0v) is 13.4. The number of aromatic nitrogens is 2. The number of methoxy groups -OCH3 is 1. The highest BCUT2D eigenvalue weighted by atomic mass is 16.5. The first kappa shape index (κ1) is 16.4. The highest BCUT2D eigenvalue weighted by Gasteiger charge is 2.37. The van der Waals surface area contributed by atoms with Gasteiger partial charge in [0.2, 0.25) is 5.91 Å². The Labute approximate surface area is 130 Å². The number of nitrogens with zero attached hydrogens (tertiary/aromatic N) is 3. The van der Waals surface area contributed by atoms with Crippen LogP contribution in [0.3, 0.4) is 0 Å². The minimum atomic E-state index is -0.132. The normalized spacial score (nSPS) is 21.0. The number of nitrogens with one attached hydrogen (secondary N) is 1. The predicted molar refractivity (Wildman–Crippen MR) is 80.4 cm³/mol. The van der Waals surface area contributed by atoms with Gasteiger partial charge in [-0.25, -0.2) is 9.97 Å². The van der Waals surface area contributed by atoms with Crippen LogP contribution in [0, 0.1) is 19.8 Å². The average Bonchev–Trinajstić information content (AvgIpc) is 2.89. The molecule has 1 saturated heterocycles. The van der Waals surface area contributed by atoms with Crippen molar-refractivity contribution in [2.24, 2.45) is 5.92 Å².